The van der Waals surface area contributed by atoms with Gasteiger partial charge in [0.1, 0.15) is 5.65 Å². The zero-order valence-corrected chi connectivity index (χ0v) is 8.40. The van der Waals surface area contributed by atoms with Crippen LogP contribution in [0, 0.1) is 19.3 Å². The quantitative estimate of drug-likeness (QED) is 0.648. The van der Waals surface area contributed by atoms with E-state index in [1.807, 2.05) is 11.5 Å². The van der Waals surface area contributed by atoms with Gasteiger partial charge in [-0.05, 0) is 19.1 Å². The van der Waals surface area contributed by atoms with Gasteiger partial charge in [-0.15, -0.1) is 6.42 Å². The Morgan fingerprint density at radius 3 is 3.13 bits per heavy atom. The summed E-state index contributed by atoms with van der Waals surface area (Å²) in [5, 5.41) is 0.610. The van der Waals surface area contributed by atoms with Gasteiger partial charge >= 0.3 is 0 Å². The van der Waals surface area contributed by atoms with E-state index < -0.39 is 0 Å². The lowest BCUT2D eigenvalue weighted by Crippen LogP contribution is -2.12. The Balaban J connectivity index is 2.91. The normalized spacial score (nSPS) is 10.1. The molecular weight excluding hydrogens is 188 g/mol. The van der Waals surface area contributed by atoms with Gasteiger partial charge in [0.05, 0.1) is 11.9 Å². The van der Waals surface area contributed by atoms with Crippen molar-refractivity contribution >= 4 is 11.0 Å². The third-order valence-corrected chi connectivity index (χ3v) is 2.32. The first-order valence-corrected chi connectivity index (χ1v) is 4.62. The van der Waals surface area contributed by atoms with Gasteiger partial charge in [-0.2, -0.15) is 0 Å². The standard InChI is InChI=1S/C12H10N2O/c1-3-7-14-9(2)8-11(15)10-5-4-6-13-12(10)14/h1,4-6,8H,7H2,2H3. The zero-order valence-electron chi connectivity index (χ0n) is 8.40. The van der Waals surface area contributed by atoms with E-state index in [-0.39, 0.29) is 5.43 Å². The second kappa shape index (κ2) is 3.58. The maximum absolute atomic E-state index is 11.7. The fraction of sp³-hybridized carbons (Fsp3) is 0.167. The van der Waals surface area contributed by atoms with Crippen LogP contribution in [0.2, 0.25) is 0 Å². The molecule has 3 heteroatoms. The Labute approximate surface area is 87.4 Å². The zero-order chi connectivity index (χ0) is 10.8. The van der Waals surface area contributed by atoms with Gasteiger partial charge in [0.2, 0.25) is 0 Å². The summed E-state index contributed by atoms with van der Waals surface area (Å²) in [5.41, 5.74) is 1.48. The summed E-state index contributed by atoms with van der Waals surface area (Å²) in [7, 11) is 0. The molecule has 2 aromatic rings. The van der Waals surface area contributed by atoms with Crippen molar-refractivity contribution in [1.29, 1.82) is 0 Å². The highest BCUT2D eigenvalue weighted by molar-refractivity contribution is 5.75. The fourth-order valence-corrected chi connectivity index (χ4v) is 1.61. The molecule has 0 saturated carbocycles. The van der Waals surface area contributed by atoms with Gasteiger partial charge in [0.25, 0.3) is 0 Å². The van der Waals surface area contributed by atoms with Crippen LogP contribution in [0.5, 0.6) is 0 Å². The number of aryl methyl sites for hydroxylation is 1. The highest BCUT2D eigenvalue weighted by Gasteiger charge is 2.05. The van der Waals surface area contributed by atoms with E-state index in [9.17, 15) is 4.79 Å². The molecule has 2 rings (SSSR count). The Bertz CT molecular complexity index is 605. The van der Waals surface area contributed by atoms with E-state index in [2.05, 4.69) is 10.9 Å². The van der Waals surface area contributed by atoms with Gasteiger partial charge in [-0.25, -0.2) is 4.98 Å². The van der Waals surface area contributed by atoms with Gasteiger partial charge in [0, 0.05) is 18.0 Å². The Morgan fingerprint density at radius 1 is 1.60 bits per heavy atom. The highest BCUT2D eigenvalue weighted by atomic mass is 16.1. The van der Waals surface area contributed by atoms with Crippen LogP contribution in [0.15, 0.2) is 29.2 Å². The molecule has 0 atom stereocenters. The average Bonchev–Trinajstić information content (AvgIpc) is 2.24. The molecule has 0 unspecified atom stereocenters. The minimum Gasteiger partial charge on any atom is -0.318 e. The van der Waals surface area contributed by atoms with Crippen LogP contribution in [0.25, 0.3) is 11.0 Å². The van der Waals surface area contributed by atoms with E-state index in [0.29, 0.717) is 17.6 Å². The molecule has 0 N–H and O–H groups in total. The minimum absolute atomic E-state index is 0.0103. The van der Waals surface area contributed by atoms with Crippen LogP contribution in [0.1, 0.15) is 5.69 Å². The predicted molar refractivity (Wildman–Crippen MR) is 59.6 cm³/mol. The molecule has 0 aliphatic heterocycles. The molecule has 74 valence electrons. The van der Waals surface area contributed by atoms with Crippen molar-refractivity contribution in [2.45, 2.75) is 13.5 Å². The van der Waals surface area contributed by atoms with Crippen molar-refractivity contribution in [2.75, 3.05) is 0 Å². The van der Waals surface area contributed by atoms with Crippen molar-refractivity contribution in [3.05, 3.63) is 40.3 Å². The largest absolute Gasteiger partial charge is 0.318 e. The number of pyridine rings is 2. The lowest BCUT2D eigenvalue weighted by molar-refractivity contribution is 0.818. The molecule has 0 radical (unpaired) electrons. The molecule has 2 aromatic heterocycles. The van der Waals surface area contributed by atoms with Gasteiger partial charge in [0.15, 0.2) is 5.43 Å². The van der Waals surface area contributed by atoms with Gasteiger partial charge in [-0.1, -0.05) is 5.92 Å². The van der Waals surface area contributed by atoms with Crippen molar-refractivity contribution in [3.63, 3.8) is 0 Å². The number of rotatable bonds is 1. The first-order chi connectivity index (χ1) is 7.24. The third-order valence-electron chi connectivity index (χ3n) is 2.32. The lowest BCUT2D eigenvalue weighted by atomic mass is 10.2. The summed E-state index contributed by atoms with van der Waals surface area (Å²) in [5.74, 6) is 2.56. The number of aromatic nitrogens is 2. The maximum atomic E-state index is 11.7. The molecule has 0 saturated heterocycles. The van der Waals surface area contributed by atoms with Crippen molar-refractivity contribution in [3.8, 4) is 12.3 Å². The molecule has 0 bridgehead atoms. The van der Waals surface area contributed by atoms with Gasteiger partial charge in [-0.3, -0.25) is 4.79 Å². The Kier molecular flexibility index (Phi) is 2.26. The number of fused-ring (bicyclic) bond motifs is 1. The topological polar surface area (TPSA) is 34.9 Å². The van der Waals surface area contributed by atoms with Crippen LogP contribution >= 0.6 is 0 Å². The second-order valence-electron chi connectivity index (χ2n) is 3.31. The first kappa shape index (κ1) is 9.47. The maximum Gasteiger partial charge on any atom is 0.191 e. The highest BCUT2D eigenvalue weighted by Crippen LogP contribution is 2.08. The smallest absolute Gasteiger partial charge is 0.191 e. The molecule has 0 aliphatic carbocycles. The van der Waals surface area contributed by atoms with Crippen LogP contribution < -0.4 is 5.43 Å². The molecule has 0 aliphatic rings. The lowest BCUT2D eigenvalue weighted by Gasteiger charge is -2.09. The Morgan fingerprint density at radius 2 is 2.40 bits per heavy atom. The van der Waals surface area contributed by atoms with Crippen LogP contribution in [-0.2, 0) is 6.54 Å². The monoisotopic (exact) mass is 198 g/mol. The molecule has 2 heterocycles. The van der Waals surface area contributed by atoms with E-state index in [0.717, 1.165) is 5.69 Å². The average molecular weight is 198 g/mol. The summed E-state index contributed by atoms with van der Waals surface area (Å²) < 4.78 is 1.86. The number of hydrogen-bond acceptors (Lipinski definition) is 2. The van der Waals surface area contributed by atoms with Crippen LogP contribution in [-0.4, -0.2) is 9.55 Å². The molecule has 3 nitrogen and oxygen atoms in total. The summed E-state index contributed by atoms with van der Waals surface area (Å²) in [6.45, 7) is 2.28. The number of hydrogen-bond donors (Lipinski definition) is 0. The SMILES string of the molecule is C#CCn1c(C)cc(=O)c2cccnc21. The number of terminal acetylenes is 1. The van der Waals surface area contributed by atoms with Crippen LogP contribution in [0.4, 0.5) is 0 Å². The first-order valence-electron chi connectivity index (χ1n) is 4.62. The van der Waals surface area contributed by atoms with Crippen molar-refractivity contribution in [2.24, 2.45) is 0 Å². The van der Waals surface area contributed by atoms with Crippen LogP contribution in [0.3, 0.4) is 0 Å². The summed E-state index contributed by atoms with van der Waals surface area (Å²) >= 11 is 0. The Hall–Kier alpha value is -2.08. The summed E-state index contributed by atoms with van der Waals surface area (Å²) in [6.07, 6.45) is 6.94. The molecule has 0 aromatic carbocycles. The predicted octanol–water partition coefficient (Wildman–Crippen LogP) is 1.34. The van der Waals surface area contributed by atoms with Crippen molar-refractivity contribution < 1.29 is 0 Å². The molecule has 0 spiro atoms. The van der Waals surface area contributed by atoms with Gasteiger partial charge < -0.3 is 4.57 Å². The molecule has 0 amide bonds. The van der Waals surface area contributed by atoms with E-state index in [1.165, 1.54) is 0 Å². The molecule has 15 heavy (non-hydrogen) atoms. The minimum atomic E-state index is -0.0103. The number of nitrogens with zero attached hydrogens (tertiary/aromatic N) is 2. The molecule has 0 fully saturated rings. The summed E-state index contributed by atoms with van der Waals surface area (Å²) in [6, 6.07) is 5.09. The van der Waals surface area contributed by atoms with Crippen molar-refractivity contribution in [1.82, 2.24) is 9.55 Å². The van der Waals surface area contributed by atoms with E-state index in [1.54, 1.807) is 24.4 Å². The fourth-order valence-electron chi connectivity index (χ4n) is 1.61. The van der Waals surface area contributed by atoms with E-state index in [4.69, 9.17) is 6.42 Å². The van der Waals surface area contributed by atoms with E-state index >= 15 is 0 Å². The summed E-state index contributed by atoms with van der Waals surface area (Å²) in [4.78, 5) is 15.8. The second-order valence-corrected chi connectivity index (χ2v) is 3.31. The third kappa shape index (κ3) is 1.50. The molecular formula is C12H10N2O.